The molecule has 0 bridgehead atoms. The second-order valence-corrected chi connectivity index (χ2v) is 6.89. The van der Waals surface area contributed by atoms with Gasteiger partial charge in [-0.15, -0.1) is 0 Å². The fourth-order valence-electron chi connectivity index (χ4n) is 3.30. The summed E-state index contributed by atoms with van der Waals surface area (Å²) in [7, 11) is 0. The molecule has 0 atom stereocenters. The molecule has 7 nitrogen and oxygen atoms in total. The second kappa shape index (κ2) is 8.21. The monoisotopic (exact) mass is 381 g/mol. The average Bonchev–Trinajstić information content (AvgIpc) is 2.73. The number of aryl methyl sites for hydroxylation is 2. The van der Waals surface area contributed by atoms with E-state index in [1.165, 1.54) is 11.6 Å². The molecule has 0 spiro atoms. The van der Waals surface area contributed by atoms with E-state index in [0.717, 1.165) is 6.42 Å². The molecule has 1 saturated heterocycles. The lowest BCUT2D eigenvalue weighted by molar-refractivity contribution is -0.385. The van der Waals surface area contributed by atoms with Crippen molar-refractivity contribution in [1.29, 1.82) is 0 Å². The smallest absolute Gasteiger partial charge is 0.273 e. The molecule has 28 heavy (non-hydrogen) atoms. The van der Waals surface area contributed by atoms with Gasteiger partial charge in [0, 0.05) is 48.9 Å². The van der Waals surface area contributed by atoms with Gasteiger partial charge in [-0.3, -0.25) is 19.7 Å². The summed E-state index contributed by atoms with van der Waals surface area (Å²) in [6.07, 6.45) is 0.923. The van der Waals surface area contributed by atoms with Crippen LogP contribution in [0.15, 0.2) is 42.5 Å². The van der Waals surface area contributed by atoms with Gasteiger partial charge in [-0.25, -0.2) is 0 Å². The summed E-state index contributed by atoms with van der Waals surface area (Å²) < 4.78 is 0. The number of amides is 2. The van der Waals surface area contributed by atoms with Crippen LogP contribution in [0.1, 0.15) is 38.8 Å². The maximum absolute atomic E-state index is 12.7. The lowest BCUT2D eigenvalue weighted by atomic mass is 10.1. The van der Waals surface area contributed by atoms with Gasteiger partial charge in [0.05, 0.1) is 4.92 Å². The Kier molecular flexibility index (Phi) is 5.73. The number of benzene rings is 2. The molecule has 0 unspecified atom stereocenters. The van der Waals surface area contributed by atoms with E-state index >= 15 is 0 Å². The molecule has 1 heterocycles. The van der Waals surface area contributed by atoms with Crippen molar-refractivity contribution in [3.8, 4) is 0 Å². The van der Waals surface area contributed by atoms with Crippen LogP contribution >= 0.6 is 0 Å². The molecular weight excluding hydrogens is 358 g/mol. The van der Waals surface area contributed by atoms with E-state index in [4.69, 9.17) is 0 Å². The van der Waals surface area contributed by atoms with E-state index < -0.39 is 4.92 Å². The van der Waals surface area contributed by atoms with Gasteiger partial charge in [0.15, 0.2) is 0 Å². The van der Waals surface area contributed by atoms with E-state index in [-0.39, 0.29) is 17.5 Å². The molecule has 7 heteroatoms. The highest BCUT2D eigenvalue weighted by Gasteiger charge is 2.26. The predicted molar refractivity (Wildman–Crippen MR) is 105 cm³/mol. The normalized spacial score (nSPS) is 14.1. The fraction of sp³-hybridized carbons (Fsp3) is 0.333. The van der Waals surface area contributed by atoms with Gasteiger partial charge >= 0.3 is 0 Å². The summed E-state index contributed by atoms with van der Waals surface area (Å²) >= 11 is 0. The molecule has 0 saturated carbocycles. The van der Waals surface area contributed by atoms with Gasteiger partial charge in [0.1, 0.15) is 0 Å². The van der Waals surface area contributed by atoms with Gasteiger partial charge in [0.2, 0.25) is 0 Å². The van der Waals surface area contributed by atoms with Crippen LogP contribution in [0.2, 0.25) is 0 Å². The minimum Gasteiger partial charge on any atom is -0.335 e. The predicted octanol–water partition coefficient (Wildman–Crippen LogP) is 3.06. The Balaban J connectivity index is 1.64. The van der Waals surface area contributed by atoms with Crippen molar-refractivity contribution in [3.63, 3.8) is 0 Å². The van der Waals surface area contributed by atoms with Gasteiger partial charge in [-0.2, -0.15) is 0 Å². The first-order valence-electron chi connectivity index (χ1n) is 9.33. The number of carbonyl (C=O) groups excluding carboxylic acids is 2. The molecule has 2 aromatic rings. The maximum atomic E-state index is 12.7. The third kappa shape index (κ3) is 4.03. The van der Waals surface area contributed by atoms with E-state index in [1.807, 2.05) is 24.3 Å². The summed E-state index contributed by atoms with van der Waals surface area (Å²) in [5.41, 5.74) is 2.58. The number of nitro groups is 1. The number of carbonyl (C=O) groups is 2. The summed E-state index contributed by atoms with van der Waals surface area (Å²) in [6.45, 7) is 5.39. The number of hydrogen-bond donors (Lipinski definition) is 0. The maximum Gasteiger partial charge on any atom is 0.273 e. The highest BCUT2D eigenvalue weighted by atomic mass is 16.6. The SMILES string of the molecule is CCc1ccc(C(=O)N2CCN(C(=O)c3ccc(C)c([N+](=O)[O-])c3)CC2)cc1. The number of rotatable bonds is 4. The standard InChI is InChI=1S/C21H23N3O4/c1-3-16-5-8-17(9-6-16)20(25)22-10-12-23(13-11-22)21(26)18-7-4-15(2)19(14-18)24(27)28/h4-9,14H,3,10-13H2,1-2H3. The van der Waals surface area contributed by atoms with Crippen molar-refractivity contribution in [3.05, 3.63) is 74.8 Å². The van der Waals surface area contributed by atoms with E-state index in [9.17, 15) is 19.7 Å². The third-order valence-electron chi connectivity index (χ3n) is 5.12. The summed E-state index contributed by atoms with van der Waals surface area (Å²) in [6, 6.07) is 12.1. The van der Waals surface area contributed by atoms with Crippen molar-refractivity contribution >= 4 is 17.5 Å². The number of nitrogens with zero attached hydrogens (tertiary/aromatic N) is 3. The molecule has 2 amide bonds. The summed E-state index contributed by atoms with van der Waals surface area (Å²) in [5.74, 6) is -0.289. The highest BCUT2D eigenvalue weighted by molar-refractivity contribution is 5.96. The Bertz CT molecular complexity index is 900. The van der Waals surface area contributed by atoms with Crippen molar-refractivity contribution < 1.29 is 14.5 Å². The van der Waals surface area contributed by atoms with Crippen LogP contribution in [-0.4, -0.2) is 52.7 Å². The Labute approximate surface area is 163 Å². The molecule has 146 valence electrons. The van der Waals surface area contributed by atoms with Crippen LogP contribution in [0.25, 0.3) is 0 Å². The van der Waals surface area contributed by atoms with Gasteiger partial charge < -0.3 is 9.80 Å². The zero-order valence-electron chi connectivity index (χ0n) is 16.1. The number of nitro benzene ring substituents is 1. The second-order valence-electron chi connectivity index (χ2n) is 6.89. The van der Waals surface area contributed by atoms with Crippen LogP contribution in [0.5, 0.6) is 0 Å². The first kappa shape index (κ1) is 19.5. The average molecular weight is 381 g/mol. The van der Waals surface area contributed by atoms with Crippen molar-refractivity contribution in [2.45, 2.75) is 20.3 Å². The number of hydrogen-bond acceptors (Lipinski definition) is 4. The van der Waals surface area contributed by atoms with Crippen LogP contribution in [0, 0.1) is 17.0 Å². The molecule has 1 aliphatic rings. The topological polar surface area (TPSA) is 83.8 Å². The van der Waals surface area contributed by atoms with Crippen molar-refractivity contribution in [1.82, 2.24) is 9.80 Å². The van der Waals surface area contributed by atoms with E-state index in [1.54, 1.807) is 28.9 Å². The quantitative estimate of drug-likeness (QED) is 0.602. The molecule has 0 aliphatic carbocycles. The minimum atomic E-state index is -0.480. The largest absolute Gasteiger partial charge is 0.335 e. The molecule has 3 rings (SSSR count). The van der Waals surface area contributed by atoms with Gasteiger partial charge in [0.25, 0.3) is 17.5 Å². The van der Waals surface area contributed by atoms with Gasteiger partial charge in [-0.05, 0) is 37.1 Å². The first-order chi connectivity index (χ1) is 13.4. The zero-order chi connectivity index (χ0) is 20.3. The molecule has 0 radical (unpaired) electrons. The lowest BCUT2D eigenvalue weighted by Gasteiger charge is -2.35. The molecular formula is C21H23N3O4. The first-order valence-corrected chi connectivity index (χ1v) is 9.33. The molecule has 0 aromatic heterocycles. The minimum absolute atomic E-state index is 0.0410. The van der Waals surface area contributed by atoms with Crippen LogP contribution in [0.4, 0.5) is 5.69 Å². The lowest BCUT2D eigenvalue weighted by Crippen LogP contribution is -2.50. The van der Waals surface area contributed by atoms with Crippen LogP contribution in [-0.2, 0) is 6.42 Å². The van der Waals surface area contributed by atoms with Gasteiger partial charge in [-0.1, -0.05) is 25.1 Å². The Morgan fingerprint density at radius 2 is 1.43 bits per heavy atom. The van der Waals surface area contributed by atoms with Crippen LogP contribution < -0.4 is 0 Å². The number of piperazine rings is 1. The highest BCUT2D eigenvalue weighted by Crippen LogP contribution is 2.21. The molecule has 1 fully saturated rings. The zero-order valence-corrected chi connectivity index (χ0v) is 16.1. The Hall–Kier alpha value is -3.22. The fourth-order valence-corrected chi connectivity index (χ4v) is 3.30. The summed E-state index contributed by atoms with van der Waals surface area (Å²) in [5, 5.41) is 11.1. The molecule has 0 N–H and O–H groups in total. The van der Waals surface area contributed by atoms with Crippen molar-refractivity contribution in [2.75, 3.05) is 26.2 Å². The van der Waals surface area contributed by atoms with Crippen LogP contribution in [0.3, 0.4) is 0 Å². The Morgan fingerprint density at radius 3 is 1.93 bits per heavy atom. The van der Waals surface area contributed by atoms with Crippen molar-refractivity contribution in [2.24, 2.45) is 0 Å². The molecule has 2 aromatic carbocycles. The molecule has 1 aliphatic heterocycles. The Morgan fingerprint density at radius 1 is 0.929 bits per heavy atom. The third-order valence-corrected chi connectivity index (χ3v) is 5.12. The van der Waals surface area contributed by atoms with E-state index in [0.29, 0.717) is 42.9 Å². The van der Waals surface area contributed by atoms with E-state index in [2.05, 4.69) is 6.92 Å². The summed E-state index contributed by atoms with van der Waals surface area (Å²) in [4.78, 5) is 39.4.